The number of benzene rings is 1. The topological polar surface area (TPSA) is 68.0 Å². The predicted octanol–water partition coefficient (Wildman–Crippen LogP) is 4.16. The highest BCUT2D eigenvalue weighted by molar-refractivity contribution is 7.08. The number of amides is 1. The van der Waals surface area contributed by atoms with Gasteiger partial charge in [-0.25, -0.2) is 4.39 Å². The Labute approximate surface area is 140 Å². The van der Waals surface area contributed by atoms with Crippen molar-refractivity contribution in [1.82, 2.24) is 10.1 Å². The predicted molar refractivity (Wildman–Crippen MR) is 86.0 cm³/mol. The van der Waals surface area contributed by atoms with Gasteiger partial charge in [0.05, 0.1) is 10.7 Å². The smallest absolute Gasteiger partial charge is 0.227 e. The molecule has 1 aromatic carbocycles. The largest absolute Gasteiger partial charge is 0.339 e. The third-order valence-corrected chi connectivity index (χ3v) is 4.01. The van der Waals surface area contributed by atoms with E-state index in [4.69, 9.17) is 16.1 Å². The number of carbonyl (C=O) groups excluding carboxylic acids is 1. The molecule has 23 heavy (non-hydrogen) atoms. The second-order valence-corrected chi connectivity index (χ2v) is 5.88. The summed E-state index contributed by atoms with van der Waals surface area (Å²) in [6, 6.07) is 5.68. The van der Waals surface area contributed by atoms with Gasteiger partial charge in [0.2, 0.25) is 17.6 Å². The number of hydrogen-bond donors (Lipinski definition) is 1. The average molecular weight is 352 g/mol. The summed E-state index contributed by atoms with van der Waals surface area (Å²) in [5.74, 6) is 0.156. The molecule has 3 rings (SSSR count). The molecule has 0 aliphatic carbocycles. The minimum Gasteiger partial charge on any atom is -0.339 e. The van der Waals surface area contributed by atoms with Crippen molar-refractivity contribution in [3.8, 4) is 11.4 Å². The van der Waals surface area contributed by atoms with Gasteiger partial charge >= 0.3 is 0 Å². The summed E-state index contributed by atoms with van der Waals surface area (Å²) in [6.07, 6.45) is 0.459. The van der Waals surface area contributed by atoms with E-state index in [1.165, 1.54) is 12.1 Å². The lowest BCUT2D eigenvalue weighted by atomic mass is 10.2. The van der Waals surface area contributed by atoms with E-state index in [1.54, 1.807) is 11.3 Å². The molecule has 8 heteroatoms. The van der Waals surface area contributed by atoms with E-state index in [0.29, 0.717) is 23.8 Å². The molecular weight excluding hydrogens is 341 g/mol. The van der Waals surface area contributed by atoms with E-state index in [2.05, 4.69) is 15.5 Å². The minimum atomic E-state index is -0.459. The number of thiophene rings is 1. The van der Waals surface area contributed by atoms with Crippen LogP contribution in [-0.4, -0.2) is 16.0 Å². The van der Waals surface area contributed by atoms with Crippen LogP contribution < -0.4 is 5.32 Å². The highest BCUT2D eigenvalue weighted by atomic mass is 35.5. The van der Waals surface area contributed by atoms with Crippen molar-refractivity contribution >= 4 is 34.5 Å². The van der Waals surface area contributed by atoms with Crippen molar-refractivity contribution in [1.29, 1.82) is 0 Å². The van der Waals surface area contributed by atoms with Crippen LogP contribution in [0, 0.1) is 5.82 Å². The lowest BCUT2D eigenvalue weighted by molar-refractivity contribution is -0.116. The van der Waals surface area contributed by atoms with Crippen LogP contribution in [0.25, 0.3) is 11.4 Å². The summed E-state index contributed by atoms with van der Waals surface area (Å²) in [5.41, 5.74) is 1.25. The molecule has 0 spiro atoms. The molecule has 0 saturated heterocycles. The van der Waals surface area contributed by atoms with Crippen LogP contribution in [0.2, 0.25) is 5.02 Å². The summed E-state index contributed by atoms with van der Waals surface area (Å²) in [4.78, 5) is 16.1. The first-order valence-corrected chi connectivity index (χ1v) is 8.04. The Morgan fingerprint density at radius 3 is 3.00 bits per heavy atom. The van der Waals surface area contributed by atoms with Crippen molar-refractivity contribution in [2.45, 2.75) is 12.8 Å². The van der Waals surface area contributed by atoms with Crippen LogP contribution in [-0.2, 0) is 11.2 Å². The first kappa shape index (κ1) is 15.6. The third-order valence-electron chi connectivity index (χ3n) is 3.02. The van der Waals surface area contributed by atoms with Crippen molar-refractivity contribution < 1.29 is 13.7 Å². The average Bonchev–Trinajstić information content (AvgIpc) is 3.18. The zero-order chi connectivity index (χ0) is 16.2. The fourth-order valence-corrected chi connectivity index (χ4v) is 2.74. The van der Waals surface area contributed by atoms with Crippen LogP contribution in [0.5, 0.6) is 0 Å². The second kappa shape index (κ2) is 6.89. The summed E-state index contributed by atoms with van der Waals surface area (Å²) < 4.78 is 18.1. The number of hydrogen-bond acceptors (Lipinski definition) is 5. The first-order valence-electron chi connectivity index (χ1n) is 6.72. The SMILES string of the molecule is O=C(CCc1nc(-c2ccsc2)no1)Nc1ccc(F)cc1Cl. The molecule has 2 heterocycles. The number of aryl methyl sites for hydroxylation is 1. The molecule has 0 radical (unpaired) electrons. The lowest BCUT2D eigenvalue weighted by Gasteiger charge is -2.06. The zero-order valence-corrected chi connectivity index (χ0v) is 13.3. The van der Waals surface area contributed by atoms with E-state index in [0.717, 1.165) is 11.6 Å². The van der Waals surface area contributed by atoms with Crippen LogP contribution in [0.15, 0.2) is 39.5 Å². The number of anilines is 1. The van der Waals surface area contributed by atoms with Crippen LogP contribution >= 0.6 is 22.9 Å². The quantitative estimate of drug-likeness (QED) is 0.749. The molecule has 1 N–H and O–H groups in total. The summed E-state index contributed by atoms with van der Waals surface area (Å²) >= 11 is 7.40. The molecular formula is C15H11ClFN3O2S. The Hall–Kier alpha value is -2.25. The van der Waals surface area contributed by atoms with Crippen molar-refractivity contribution in [3.63, 3.8) is 0 Å². The van der Waals surface area contributed by atoms with Crippen LogP contribution in [0.4, 0.5) is 10.1 Å². The molecule has 0 aliphatic heterocycles. The van der Waals surface area contributed by atoms with Crippen molar-refractivity contribution in [3.05, 3.63) is 51.8 Å². The van der Waals surface area contributed by atoms with E-state index < -0.39 is 5.82 Å². The molecule has 2 aromatic heterocycles. The van der Waals surface area contributed by atoms with Gasteiger partial charge in [0, 0.05) is 23.8 Å². The number of nitrogens with one attached hydrogen (secondary N) is 1. The fourth-order valence-electron chi connectivity index (χ4n) is 1.89. The second-order valence-electron chi connectivity index (χ2n) is 4.70. The maximum Gasteiger partial charge on any atom is 0.227 e. The fraction of sp³-hybridized carbons (Fsp3) is 0.133. The summed E-state index contributed by atoms with van der Waals surface area (Å²) in [7, 11) is 0. The molecule has 0 bridgehead atoms. The monoisotopic (exact) mass is 351 g/mol. The Bertz CT molecular complexity index is 820. The number of nitrogens with zero attached hydrogens (tertiary/aromatic N) is 2. The maximum atomic E-state index is 12.9. The summed E-state index contributed by atoms with van der Waals surface area (Å²) in [5, 5.41) is 10.5. The van der Waals surface area contributed by atoms with Gasteiger partial charge in [-0.05, 0) is 29.6 Å². The molecule has 3 aromatic rings. The molecule has 0 aliphatic rings. The molecule has 0 saturated carbocycles. The highest BCUT2D eigenvalue weighted by Crippen LogP contribution is 2.23. The Kier molecular flexibility index (Phi) is 4.68. The molecule has 0 unspecified atom stereocenters. The van der Waals surface area contributed by atoms with Gasteiger partial charge in [-0.15, -0.1) is 0 Å². The van der Waals surface area contributed by atoms with E-state index in [9.17, 15) is 9.18 Å². The van der Waals surface area contributed by atoms with Gasteiger partial charge in [0.25, 0.3) is 0 Å². The Balaban J connectivity index is 1.57. The molecule has 5 nitrogen and oxygen atoms in total. The maximum absolute atomic E-state index is 12.9. The van der Waals surface area contributed by atoms with Gasteiger partial charge in [-0.3, -0.25) is 4.79 Å². The number of aromatic nitrogens is 2. The number of carbonyl (C=O) groups is 1. The van der Waals surface area contributed by atoms with Gasteiger partial charge in [0.1, 0.15) is 5.82 Å². The van der Waals surface area contributed by atoms with Gasteiger partial charge in [-0.1, -0.05) is 16.8 Å². The van der Waals surface area contributed by atoms with Gasteiger partial charge in [-0.2, -0.15) is 16.3 Å². The zero-order valence-electron chi connectivity index (χ0n) is 11.8. The van der Waals surface area contributed by atoms with E-state index >= 15 is 0 Å². The number of halogens is 2. The van der Waals surface area contributed by atoms with Gasteiger partial charge in [0.15, 0.2) is 0 Å². The van der Waals surface area contributed by atoms with E-state index in [1.807, 2.05) is 16.8 Å². The van der Waals surface area contributed by atoms with Gasteiger partial charge < -0.3 is 9.84 Å². The Morgan fingerprint density at radius 1 is 1.39 bits per heavy atom. The van der Waals surface area contributed by atoms with Crippen molar-refractivity contribution in [2.75, 3.05) is 5.32 Å². The molecule has 0 fully saturated rings. The van der Waals surface area contributed by atoms with Crippen LogP contribution in [0.3, 0.4) is 0 Å². The van der Waals surface area contributed by atoms with E-state index in [-0.39, 0.29) is 17.4 Å². The molecule has 118 valence electrons. The van der Waals surface area contributed by atoms with Crippen LogP contribution in [0.1, 0.15) is 12.3 Å². The minimum absolute atomic E-state index is 0.149. The van der Waals surface area contributed by atoms with Crippen molar-refractivity contribution in [2.24, 2.45) is 0 Å². The molecule has 0 atom stereocenters. The third kappa shape index (κ3) is 3.94. The highest BCUT2D eigenvalue weighted by Gasteiger charge is 2.12. The number of rotatable bonds is 5. The normalized spacial score (nSPS) is 10.7. The first-order chi connectivity index (χ1) is 11.1. The standard InChI is InChI=1S/C15H11ClFN3O2S/c16-11-7-10(17)1-2-12(11)18-13(21)3-4-14-19-15(20-22-14)9-5-6-23-8-9/h1-2,5-8H,3-4H2,(H,18,21). The lowest BCUT2D eigenvalue weighted by Crippen LogP contribution is -2.12. The Morgan fingerprint density at radius 2 is 2.26 bits per heavy atom. The molecule has 1 amide bonds. The summed E-state index contributed by atoms with van der Waals surface area (Å²) in [6.45, 7) is 0.